The Bertz CT molecular complexity index is 376. The smallest absolute Gasteiger partial charge is 0.105 e. The summed E-state index contributed by atoms with van der Waals surface area (Å²) in [6.07, 6.45) is 5.38. The predicted molar refractivity (Wildman–Crippen MR) is 77.2 cm³/mol. The van der Waals surface area contributed by atoms with E-state index in [2.05, 4.69) is 33.0 Å². The maximum atomic E-state index is 5.84. The fourth-order valence-electron chi connectivity index (χ4n) is 3.14. The zero-order chi connectivity index (χ0) is 13.9. The van der Waals surface area contributed by atoms with E-state index in [1.165, 1.54) is 0 Å². The Hall–Kier alpha value is -0.800. The van der Waals surface area contributed by atoms with Crippen LogP contribution in [-0.2, 0) is 11.2 Å². The van der Waals surface area contributed by atoms with E-state index in [0.717, 1.165) is 31.6 Å². The predicted octanol–water partition coefficient (Wildman–Crippen LogP) is 3.39. The van der Waals surface area contributed by atoms with E-state index in [4.69, 9.17) is 9.15 Å². The second-order valence-corrected chi connectivity index (χ2v) is 5.94. The molecule has 1 heterocycles. The maximum absolute atomic E-state index is 5.84. The molecule has 1 aromatic heterocycles. The molecule has 1 aliphatic rings. The van der Waals surface area contributed by atoms with Crippen molar-refractivity contribution in [2.24, 2.45) is 5.41 Å². The van der Waals surface area contributed by atoms with Gasteiger partial charge in [-0.25, -0.2) is 0 Å². The Morgan fingerprint density at radius 3 is 2.89 bits per heavy atom. The molecule has 4 unspecified atom stereocenters. The molecule has 1 saturated carbocycles. The highest BCUT2D eigenvalue weighted by atomic mass is 16.5. The summed E-state index contributed by atoms with van der Waals surface area (Å²) in [4.78, 5) is 0. The van der Waals surface area contributed by atoms with Crippen molar-refractivity contribution in [3.63, 3.8) is 0 Å². The summed E-state index contributed by atoms with van der Waals surface area (Å²) in [6.45, 7) is 9.73. The minimum absolute atomic E-state index is 0.271. The van der Waals surface area contributed by atoms with E-state index in [1.54, 1.807) is 6.26 Å². The van der Waals surface area contributed by atoms with E-state index < -0.39 is 0 Å². The first-order chi connectivity index (χ1) is 9.10. The van der Waals surface area contributed by atoms with Gasteiger partial charge in [0, 0.05) is 30.5 Å². The molecule has 0 radical (unpaired) electrons. The van der Waals surface area contributed by atoms with Crippen LogP contribution in [0.1, 0.15) is 46.3 Å². The molecule has 1 fully saturated rings. The van der Waals surface area contributed by atoms with Gasteiger partial charge >= 0.3 is 0 Å². The minimum Gasteiger partial charge on any atom is -0.469 e. The van der Waals surface area contributed by atoms with Crippen LogP contribution in [0, 0.1) is 5.41 Å². The van der Waals surface area contributed by atoms with Gasteiger partial charge in [-0.1, -0.05) is 13.8 Å². The molecule has 0 bridgehead atoms. The molecule has 0 spiro atoms. The lowest BCUT2D eigenvalue weighted by molar-refractivity contribution is -0.127. The monoisotopic (exact) mass is 265 g/mol. The highest BCUT2D eigenvalue weighted by Crippen LogP contribution is 2.46. The number of nitrogens with one attached hydrogen (secondary N) is 1. The molecule has 4 atom stereocenters. The zero-order valence-electron chi connectivity index (χ0n) is 12.6. The van der Waals surface area contributed by atoms with Crippen LogP contribution in [0.5, 0.6) is 0 Å². The third-order valence-corrected chi connectivity index (χ3v) is 4.68. The minimum atomic E-state index is 0.271. The first-order valence-electron chi connectivity index (χ1n) is 7.50. The molecule has 1 aromatic rings. The van der Waals surface area contributed by atoms with Gasteiger partial charge in [0.05, 0.1) is 12.4 Å². The van der Waals surface area contributed by atoms with Crippen molar-refractivity contribution in [3.8, 4) is 0 Å². The van der Waals surface area contributed by atoms with Crippen LogP contribution in [0.3, 0.4) is 0 Å². The summed E-state index contributed by atoms with van der Waals surface area (Å²) in [5.74, 6) is 1.05. The molecule has 3 heteroatoms. The van der Waals surface area contributed by atoms with Crippen LogP contribution in [0.25, 0.3) is 0 Å². The summed E-state index contributed by atoms with van der Waals surface area (Å²) < 4.78 is 11.3. The van der Waals surface area contributed by atoms with Gasteiger partial charge in [0.25, 0.3) is 0 Å². The van der Waals surface area contributed by atoms with Crippen LogP contribution in [0.2, 0.25) is 0 Å². The van der Waals surface area contributed by atoms with Crippen molar-refractivity contribution in [2.75, 3.05) is 6.61 Å². The molecule has 1 N–H and O–H groups in total. The number of hydrogen-bond donors (Lipinski definition) is 1. The van der Waals surface area contributed by atoms with Crippen molar-refractivity contribution in [3.05, 3.63) is 24.2 Å². The molecule has 3 nitrogen and oxygen atoms in total. The molecule has 2 rings (SSSR count). The van der Waals surface area contributed by atoms with Gasteiger partial charge in [0.15, 0.2) is 0 Å². The van der Waals surface area contributed by atoms with Crippen molar-refractivity contribution in [1.29, 1.82) is 0 Å². The maximum Gasteiger partial charge on any atom is 0.105 e. The number of ether oxygens (including phenoxy) is 1. The summed E-state index contributed by atoms with van der Waals surface area (Å²) >= 11 is 0. The van der Waals surface area contributed by atoms with Gasteiger partial charge in [-0.3, -0.25) is 0 Å². The van der Waals surface area contributed by atoms with Crippen molar-refractivity contribution in [1.82, 2.24) is 5.32 Å². The second kappa shape index (κ2) is 6.10. The summed E-state index contributed by atoms with van der Waals surface area (Å²) in [5, 5.41) is 3.74. The molecular weight excluding hydrogens is 238 g/mol. The summed E-state index contributed by atoms with van der Waals surface area (Å²) in [5.41, 5.74) is 0.271. The Morgan fingerprint density at radius 1 is 1.53 bits per heavy atom. The fraction of sp³-hybridized carbons (Fsp3) is 0.750. The molecular formula is C16H27NO2. The van der Waals surface area contributed by atoms with Crippen molar-refractivity contribution >= 4 is 0 Å². The molecule has 0 aliphatic heterocycles. The van der Waals surface area contributed by atoms with Crippen molar-refractivity contribution in [2.45, 2.75) is 65.1 Å². The van der Waals surface area contributed by atoms with Crippen LogP contribution in [0.4, 0.5) is 0 Å². The summed E-state index contributed by atoms with van der Waals surface area (Å²) in [6, 6.07) is 4.98. The third kappa shape index (κ3) is 3.03. The standard InChI is InChI=1S/C16H27NO2/c1-5-16(4)14(11-15(16)18-6-2)17-12(3)10-13-8-7-9-19-13/h7-9,12,14-15,17H,5-6,10-11H2,1-4H3. The Kier molecular flexibility index (Phi) is 4.69. The first kappa shape index (κ1) is 14.6. The van der Waals surface area contributed by atoms with Crippen LogP contribution >= 0.6 is 0 Å². The number of hydrogen-bond acceptors (Lipinski definition) is 3. The number of furan rings is 1. The molecule has 19 heavy (non-hydrogen) atoms. The van der Waals surface area contributed by atoms with Crippen LogP contribution in [0.15, 0.2) is 22.8 Å². The van der Waals surface area contributed by atoms with Crippen LogP contribution < -0.4 is 5.32 Å². The van der Waals surface area contributed by atoms with Crippen LogP contribution in [-0.4, -0.2) is 24.8 Å². The second-order valence-electron chi connectivity index (χ2n) is 5.94. The Morgan fingerprint density at radius 2 is 2.32 bits per heavy atom. The molecule has 1 aliphatic carbocycles. The van der Waals surface area contributed by atoms with Gasteiger partial charge in [0.1, 0.15) is 5.76 Å². The van der Waals surface area contributed by atoms with Gasteiger partial charge in [-0.2, -0.15) is 0 Å². The van der Waals surface area contributed by atoms with E-state index in [9.17, 15) is 0 Å². The normalized spacial score (nSPS) is 32.0. The lowest BCUT2D eigenvalue weighted by Crippen LogP contribution is -2.63. The molecule has 108 valence electrons. The topological polar surface area (TPSA) is 34.4 Å². The lowest BCUT2D eigenvalue weighted by Gasteiger charge is -2.54. The summed E-state index contributed by atoms with van der Waals surface area (Å²) in [7, 11) is 0. The number of rotatable bonds is 7. The lowest BCUT2D eigenvalue weighted by atomic mass is 9.61. The Balaban J connectivity index is 1.86. The zero-order valence-corrected chi connectivity index (χ0v) is 12.6. The average molecular weight is 265 g/mol. The fourth-order valence-corrected chi connectivity index (χ4v) is 3.14. The molecule has 0 aromatic carbocycles. The Labute approximate surface area is 116 Å². The SMILES string of the molecule is CCOC1CC(NC(C)Cc2ccco2)C1(C)CC. The van der Waals surface area contributed by atoms with E-state index in [0.29, 0.717) is 18.2 Å². The van der Waals surface area contributed by atoms with Gasteiger partial charge in [-0.15, -0.1) is 0 Å². The average Bonchev–Trinajstić information content (AvgIpc) is 2.89. The first-order valence-corrected chi connectivity index (χ1v) is 7.50. The van der Waals surface area contributed by atoms with E-state index in [-0.39, 0.29) is 5.41 Å². The highest BCUT2D eigenvalue weighted by Gasteiger charge is 2.51. The quantitative estimate of drug-likeness (QED) is 0.820. The van der Waals surface area contributed by atoms with E-state index in [1.807, 2.05) is 12.1 Å². The third-order valence-electron chi connectivity index (χ3n) is 4.68. The molecule has 0 amide bonds. The van der Waals surface area contributed by atoms with E-state index >= 15 is 0 Å². The van der Waals surface area contributed by atoms with Crippen molar-refractivity contribution < 1.29 is 9.15 Å². The largest absolute Gasteiger partial charge is 0.469 e. The van der Waals surface area contributed by atoms with Gasteiger partial charge in [0.2, 0.25) is 0 Å². The van der Waals surface area contributed by atoms with Gasteiger partial charge in [-0.05, 0) is 38.8 Å². The highest BCUT2D eigenvalue weighted by molar-refractivity contribution is 5.07. The molecule has 0 saturated heterocycles. The van der Waals surface area contributed by atoms with Gasteiger partial charge < -0.3 is 14.5 Å².